The van der Waals surface area contributed by atoms with Crippen LogP contribution in [0.2, 0.25) is 0 Å². The third kappa shape index (κ3) is 7.75. The minimum Gasteiger partial charge on any atom is -0.496 e. The third-order valence-corrected chi connectivity index (χ3v) is 6.52. The molecule has 7 N–H and O–H groups in total. The number of methoxy groups -OCH3 is 1. The van der Waals surface area contributed by atoms with Crippen LogP contribution in [0.15, 0.2) is 77.8 Å². The fraction of sp³-hybridized carbons (Fsp3) is 0.267. The van der Waals surface area contributed by atoms with Crippen molar-refractivity contribution in [1.29, 1.82) is 0 Å². The lowest BCUT2D eigenvalue weighted by Crippen LogP contribution is -2.48. The maximum atomic E-state index is 13.7. The molecular weight excluding hydrogens is 510 g/mol. The molecule has 0 heterocycles. The summed E-state index contributed by atoms with van der Waals surface area (Å²) in [5.41, 5.74) is 20.3. The fourth-order valence-electron chi connectivity index (χ4n) is 4.27. The number of hydrogen-bond donors (Lipinski definition) is 4. The predicted octanol–water partition coefficient (Wildman–Crippen LogP) is 2.55. The van der Waals surface area contributed by atoms with Gasteiger partial charge in [-0.15, -0.1) is 0 Å². The summed E-state index contributed by atoms with van der Waals surface area (Å²) in [6, 6.07) is 19.2. The van der Waals surface area contributed by atoms with Crippen LogP contribution in [0.4, 0.5) is 0 Å². The zero-order valence-corrected chi connectivity index (χ0v) is 22.6. The number of ether oxygens (including phenoxy) is 1. The van der Waals surface area contributed by atoms with Crippen molar-refractivity contribution in [3.63, 3.8) is 0 Å². The first kappa shape index (κ1) is 30.0. The van der Waals surface area contributed by atoms with Gasteiger partial charge in [0.05, 0.1) is 25.2 Å². The molecule has 3 aromatic rings. The zero-order chi connectivity index (χ0) is 29.2. The number of carboxylic acids is 1. The van der Waals surface area contributed by atoms with Crippen LogP contribution < -0.4 is 21.9 Å². The fourth-order valence-corrected chi connectivity index (χ4v) is 4.27. The van der Waals surface area contributed by atoms with Gasteiger partial charge in [-0.05, 0) is 54.3 Å². The van der Waals surface area contributed by atoms with Gasteiger partial charge in [0.2, 0.25) is 11.8 Å². The second kappa shape index (κ2) is 14.0. The molecule has 40 heavy (non-hydrogen) atoms. The van der Waals surface area contributed by atoms with Crippen molar-refractivity contribution in [2.45, 2.75) is 38.0 Å². The number of rotatable bonds is 13. The summed E-state index contributed by atoms with van der Waals surface area (Å²) in [6.07, 6.45) is 1.88. The molecule has 3 aromatic carbocycles. The molecular formula is C30H35N5O5. The lowest BCUT2D eigenvalue weighted by Gasteiger charge is -2.30. The number of aromatic carboxylic acids is 1. The number of carbonyl (C=O) groups excluding carboxylic acids is 2. The van der Waals surface area contributed by atoms with Crippen molar-refractivity contribution in [3.8, 4) is 5.75 Å². The smallest absolute Gasteiger partial charge is 0.339 e. The highest BCUT2D eigenvalue weighted by Gasteiger charge is 2.26. The molecule has 0 bridgehead atoms. The number of nitrogens with zero attached hydrogens (tertiary/aromatic N) is 2. The molecule has 0 aliphatic rings. The van der Waals surface area contributed by atoms with E-state index in [0.29, 0.717) is 11.1 Å². The molecule has 0 saturated carbocycles. The van der Waals surface area contributed by atoms with E-state index in [2.05, 4.69) is 4.99 Å². The van der Waals surface area contributed by atoms with Crippen LogP contribution in [0.25, 0.3) is 0 Å². The number of nitrogens with two attached hydrogens (primary N) is 3. The Balaban J connectivity index is 1.89. The number of benzene rings is 3. The van der Waals surface area contributed by atoms with Crippen LogP contribution in [0, 0.1) is 0 Å². The van der Waals surface area contributed by atoms with Crippen LogP contribution in [0.5, 0.6) is 5.75 Å². The van der Waals surface area contributed by atoms with Crippen molar-refractivity contribution in [2.75, 3.05) is 13.7 Å². The number of hydrogen-bond acceptors (Lipinski definition) is 7. The molecule has 0 radical (unpaired) electrons. The van der Waals surface area contributed by atoms with E-state index >= 15 is 0 Å². The lowest BCUT2D eigenvalue weighted by molar-refractivity contribution is -0.134. The van der Waals surface area contributed by atoms with Gasteiger partial charge in [-0.3, -0.25) is 14.6 Å². The average Bonchev–Trinajstić information content (AvgIpc) is 2.96. The normalized spacial score (nSPS) is 13.4. The molecule has 0 spiro atoms. The van der Waals surface area contributed by atoms with Gasteiger partial charge in [-0.25, -0.2) is 4.79 Å². The molecule has 0 saturated heterocycles. The van der Waals surface area contributed by atoms with Gasteiger partial charge in [0.25, 0.3) is 0 Å². The Hall–Kier alpha value is -4.54. The number of carbonyl (C=O) groups is 3. The molecule has 3 rings (SSSR count). The van der Waals surface area contributed by atoms with Crippen molar-refractivity contribution >= 4 is 24.0 Å². The van der Waals surface area contributed by atoms with Crippen LogP contribution in [0.1, 0.15) is 50.4 Å². The Kier molecular flexibility index (Phi) is 10.5. The van der Waals surface area contributed by atoms with Crippen molar-refractivity contribution in [1.82, 2.24) is 4.90 Å². The molecule has 10 nitrogen and oxygen atoms in total. The molecule has 2 amide bonds. The SMILES string of the molecule is COc1ccc(CN(C(=O)[C@@H](N)Cc2ccc(C(N)=O)cc2)[C@@H](C)/C=N/C(CN)c2ccccc2)cc1C(=O)O. The second-order valence-corrected chi connectivity index (χ2v) is 9.38. The van der Waals surface area contributed by atoms with Crippen LogP contribution >= 0.6 is 0 Å². The van der Waals surface area contributed by atoms with Crippen LogP contribution in [-0.2, 0) is 17.8 Å². The van der Waals surface area contributed by atoms with Crippen molar-refractivity contribution in [2.24, 2.45) is 22.2 Å². The van der Waals surface area contributed by atoms with Gasteiger partial charge < -0.3 is 31.9 Å². The van der Waals surface area contributed by atoms with Gasteiger partial charge in [-0.1, -0.05) is 48.5 Å². The predicted molar refractivity (Wildman–Crippen MR) is 153 cm³/mol. The standard InChI is InChI=1S/C30H35N5O5/c1-19(17-34-26(16-31)22-6-4-3-5-7-22)35(18-21-10-13-27(40-2)24(14-21)30(38)39)29(37)25(32)15-20-8-11-23(12-9-20)28(33)36/h3-14,17,19,25-26H,15-16,18,31-32H2,1-2H3,(H2,33,36)(H,38,39)/b34-17+/t19-,25-,26?/m0/s1. The molecule has 0 fully saturated rings. The largest absolute Gasteiger partial charge is 0.496 e. The number of amides is 2. The topological polar surface area (TPSA) is 174 Å². The molecule has 0 aromatic heterocycles. The molecule has 210 valence electrons. The van der Waals surface area contributed by atoms with Crippen LogP contribution in [-0.4, -0.2) is 59.7 Å². The van der Waals surface area contributed by atoms with Gasteiger partial charge in [0.1, 0.15) is 11.3 Å². The van der Waals surface area contributed by atoms with Gasteiger partial charge in [0, 0.05) is 24.9 Å². The second-order valence-electron chi connectivity index (χ2n) is 9.38. The van der Waals surface area contributed by atoms with E-state index in [4.69, 9.17) is 21.9 Å². The molecule has 0 aliphatic heterocycles. The highest BCUT2D eigenvalue weighted by Crippen LogP contribution is 2.22. The molecule has 10 heteroatoms. The van der Waals surface area contributed by atoms with E-state index in [9.17, 15) is 19.5 Å². The minimum atomic E-state index is -1.14. The zero-order valence-electron chi connectivity index (χ0n) is 22.6. The Morgan fingerprint density at radius 1 is 1.02 bits per heavy atom. The average molecular weight is 546 g/mol. The molecule has 0 aliphatic carbocycles. The van der Waals surface area contributed by atoms with E-state index in [1.807, 2.05) is 37.3 Å². The summed E-state index contributed by atoms with van der Waals surface area (Å²) in [4.78, 5) is 43.1. The Labute approximate surface area is 233 Å². The maximum absolute atomic E-state index is 13.7. The Bertz CT molecular complexity index is 1340. The number of carboxylic acid groups (broad SMARTS) is 1. The minimum absolute atomic E-state index is 0.0140. The molecule has 3 atom stereocenters. The molecule has 1 unspecified atom stereocenters. The van der Waals surface area contributed by atoms with E-state index in [1.165, 1.54) is 13.2 Å². The van der Waals surface area contributed by atoms with Gasteiger partial charge in [0.15, 0.2) is 0 Å². The highest BCUT2D eigenvalue weighted by molar-refractivity contribution is 5.93. The summed E-state index contributed by atoms with van der Waals surface area (Å²) < 4.78 is 5.17. The summed E-state index contributed by atoms with van der Waals surface area (Å²) in [6.45, 7) is 2.18. The van der Waals surface area contributed by atoms with Crippen molar-refractivity contribution in [3.05, 3.63) is 101 Å². The number of primary amides is 1. The first-order valence-corrected chi connectivity index (χ1v) is 12.8. The summed E-state index contributed by atoms with van der Waals surface area (Å²) >= 11 is 0. The highest BCUT2D eigenvalue weighted by atomic mass is 16.5. The first-order chi connectivity index (χ1) is 19.1. The van der Waals surface area contributed by atoms with E-state index in [0.717, 1.165) is 11.1 Å². The lowest BCUT2D eigenvalue weighted by atomic mass is 10.0. The first-order valence-electron chi connectivity index (χ1n) is 12.8. The summed E-state index contributed by atoms with van der Waals surface area (Å²) in [7, 11) is 1.39. The van der Waals surface area contributed by atoms with Gasteiger partial charge >= 0.3 is 5.97 Å². The number of aliphatic imine (C=N–C) groups is 1. The maximum Gasteiger partial charge on any atom is 0.339 e. The van der Waals surface area contributed by atoms with E-state index < -0.39 is 24.0 Å². The van der Waals surface area contributed by atoms with Gasteiger partial charge in [-0.2, -0.15) is 0 Å². The van der Waals surface area contributed by atoms with E-state index in [1.54, 1.807) is 47.5 Å². The summed E-state index contributed by atoms with van der Waals surface area (Å²) in [5, 5.41) is 9.62. The van der Waals surface area contributed by atoms with Crippen LogP contribution in [0.3, 0.4) is 0 Å². The Morgan fingerprint density at radius 3 is 2.25 bits per heavy atom. The Morgan fingerprint density at radius 2 is 1.68 bits per heavy atom. The third-order valence-electron chi connectivity index (χ3n) is 6.52. The quantitative estimate of drug-likeness (QED) is 0.239. The van der Waals surface area contributed by atoms with Crippen molar-refractivity contribution < 1.29 is 24.2 Å². The monoisotopic (exact) mass is 545 g/mol. The summed E-state index contributed by atoms with van der Waals surface area (Å²) in [5.74, 6) is -1.82. The van der Waals surface area contributed by atoms with E-state index in [-0.39, 0.29) is 42.8 Å².